The first-order valence-electron chi connectivity index (χ1n) is 8.37. The van der Waals surface area contributed by atoms with Crippen LogP contribution in [0.15, 0.2) is 48.5 Å². The molecule has 0 bridgehead atoms. The molecule has 2 aromatic rings. The van der Waals surface area contributed by atoms with Crippen molar-refractivity contribution in [3.63, 3.8) is 0 Å². The molecule has 0 heterocycles. The van der Waals surface area contributed by atoms with Crippen molar-refractivity contribution < 1.29 is 14.3 Å². The summed E-state index contributed by atoms with van der Waals surface area (Å²) >= 11 is 0. The number of hydrogen-bond donors (Lipinski definition) is 1. The van der Waals surface area contributed by atoms with Crippen molar-refractivity contribution in [3.8, 4) is 0 Å². The normalized spacial score (nSPS) is 10.4. The molecule has 132 valence electrons. The van der Waals surface area contributed by atoms with Crippen LogP contribution in [0.3, 0.4) is 0 Å². The highest BCUT2D eigenvalue weighted by Gasteiger charge is 2.13. The summed E-state index contributed by atoms with van der Waals surface area (Å²) in [6.45, 7) is 5.71. The van der Waals surface area contributed by atoms with E-state index < -0.39 is 0 Å². The number of benzene rings is 2. The molecule has 2 aromatic carbocycles. The lowest BCUT2D eigenvalue weighted by Crippen LogP contribution is -2.30. The summed E-state index contributed by atoms with van der Waals surface area (Å²) in [5.41, 5.74) is 2.73. The van der Waals surface area contributed by atoms with Crippen molar-refractivity contribution in [1.29, 1.82) is 0 Å². The Labute approximate surface area is 148 Å². The Morgan fingerprint density at radius 3 is 2.28 bits per heavy atom. The Hall–Kier alpha value is -2.66. The SMILES string of the molecule is CCN(CC)C(=O)c1cccc(NC(=O)c2ccc(COC)cc2)c1. The van der Waals surface area contributed by atoms with Gasteiger partial charge in [-0.25, -0.2) is 0 Å². The van der Waals surface area contributed by atoms with E-state index in [-0.39, 0.29) is 11.8 Å². The molecule has 0 aromatic heterocycles. The lowest BCUT2D eigenvalue weighted by Gasteiger charge is -2.19. The van der Waals surface area contributed by atoms with Crippen LogP contribution in [0.5, 0.6) is 0 Å². The maximum atomic E-state index is 12.4. The molecule has 25 heavy (non-hydrogen) atoms. The van der Waals surface area contributed by atoms with Gasteiger partial charge in [0.2, 0.25) is 0 Å². The lowest BCUT2D eigenvalue weighted by molar-refractivity contribution is 0.0772. The molecule has 0 saturated heterocycles. The molecule has 0 aliphatic carbocycles. The summed E-state index contributed by atoms with van der Waals surface area (Å²) in [5.74, 6) is -0.249. The van der Waals surface area contributed by atoms with E-state index in [1.165, 1.54) is 0 Å². The van der Waals surface area contributed by atoms with Gasteiger partial charge in [-0.15, -0.1) is 0 Å². The number of carbonyl (C=O) groups excluding carboxylic acids is 2. The maximum absolute atomic E-state index is 12.4. The number of ether oxygens (including phenoxy) is 1. The van der Waals surface area contributed by atoms with E-state index in [9.17, 15) is 9.59 Å². The van der Waals surface area contributed by atoms with Gasteiger partial charge in [-0.3, -0.25) is 9.59 Å². The van der Waals surface area contributed by atoms with Crippen molar-refractivity contribution >= 4 is 17.5 Å². The van der Waals surface area contributed by atoms with E-state index in [1.807, 2.05) is 26.0 Å². The molecule has 2 amide bonds. The number of nitrogens with one attached hydrogen (secondary N) is 1. The highest BCUT2D eigenvalue weighted by Crippen LogP contribution is 2.15. The Balaban J connectivity index is 2.10. The van der Waals surface area contributed by atoms with Crippen molar-refractivity contribution in [1.82, 2.24) is 4.90 Å². The standard InChI is InChI=1S/C20H24N2O3/c1-4-22(5-2)20(24)17-7-6-8-18(13-17)21-19(23)16-11-9-15(10-12-16)14-25-3/h6-13H,4-5,14H2,1-3H3,(H,21,23). The maximum Gasteiger partial charge on any atom is 0.255 e. The van der Waals surface area contributed by atoms with Crippen molar-refractivity contribution in [3.05, 3.63) is 65.2 Å². The van der Waals surface area contributed by atoms with E-state index in [0.29, 0.717) is 36.5 Å². The summed E-state index contributed by atoms with van der Waals surface area (Å²) in [7, 11) is 1.63. The quantitative estimate of drug-likeness (QED) is 0.838. The number of nitrogens with zero attached hydrogens (tertiary/aromatic N) is 1. The van der Waals surface area contributed by atoms with E-state index in [0.717, 1.165) is 5.56 Å². The Kier molecular flexibility index (Phi) is 6.71. The molecule has 2 rings (SSSR count). The summed E-state index contributed by atoms with van der Waals surface area (Å²) < 4.78 is 5.06. The largest absolute Gasteiger partial charge is 0.380 e. The summed E-state index contributed by atoms with van der Waals surface area (Å²) in [5, 5.41) is 2.84. The van der Waals surface area contributed by atoms with Gasteiger partial charge in [0.25, 0.3) is 11.8 Å². The van der Waals surface area contributed by atoms with Crippen LogP contribution in [-0.4, -0.2) is 36.9 Å². The van der Waals surface area contributed by atoms with E-state index >= 15 is 0 Å². The van der Waals surface area contributed by atoms with Crippen LogP contribution in [0.2, 0.25) is 0 Å². The van der Waals surface area contributed by atoms with Gasteiger partial charge in [0.1, 0.15) is 0 Å². The van der Waals surface area contributed by atoms with Gasteiger partial charge in [0.15, 0.2) is 0 Å². The number of rotatable bonds is 7. The Morgan fingerprint density at radius 1 is 1.00 bits per heavy atom. The monoisotopic (exact) mass is 340 g/mol. The van der Waals surface area contributed by atoms with Gasteiger partial charge in [0.05, 0.1) is 6.61 Å². The average Bonchev–Trinajstić information content (AvgIpc) is 2.63. The van der Waals surface area contributed by atoms with Crippen LogP contribution >= 0.6 is 0 Å². The first-order chi connectivity index (χ1) is 12.1. The molecule has 0 aliphatic rings. The first-order valence-corrected chi connectivity index (χ1v) is 8.37. The zero-order valence-corrected chi connectivity index (χ0v) is 14.9. The number of anilines is 1. The highest BCUT2D eigenvalue weighted by molar-refractivity contribution is 6.05. The smallest absolute Gasteiger partial charge is 0.255 e. The van der Waals surface area contributed by atoms with Gasteiger partial charge < -0.3 is 15.0 Å². The molecule has 0 unspecified atom stereocenters. The summed E-state index contributed by atoms with van der Waals surface area (Å²) in [6, 6.07) is 14.2. The molecular weight excluding hydrogens is 316 g/mol. The van der Waals surface area contributed by atoms with E-state index in [2.05, 4.69) is 5.32 Å². The van der Waals surface area contributed by atoms with Crippen LogP contribution in [0.4, 0.5) is 5.69 Å². The van der Waals surface area contributed by atoms with Crippen molar-refractivity contribution in [2.24, 2.45) is 0 Å². The van der Waals surface area contributed by atoms with Crippen LogP contribution in [-0.2, 0) is 11.3 Å². The van der Waals surface area contributed by atoms with Crippen molar-refractivity contribution in [2.75, 3.05) is 25.5 Å². The third kappa shape index (κ3) is 4.90. The fourth-order valence-electron chi connectivity index (χ4n) is 2.55. The molecule has 0 saturated carbocycles. The molecule has 0 fully saturated rings. The van der Waals surface area contributed by atoms with Crippen LogP contribution in [0, 0.1) is 0 Å². The predicted molar refractivity (Wildman–Crippen MR) is 98.8 cm³/mol. The lowest BCUT2D eigenvalue weighted by atomic mass is 10.1. The number of amides is 2. The number of carbonyl (C=O) groups is 2. The van der Waals surface area contributed by atoms with Gasteiger partial charge in [-0.2, -0.15) is 0 Å². The third-order valence-electron chi connectivity index (χ3n) is 3.95. The fraction of sp³-hybridized carbons (Fsp3) is 0.300. The second-order valence-electron chi connectivity index (χ2n) is 5.64. The Bertz CT molecular complexity index is 722. The molecule has 0 radical (unpaired) electrons. The van der Waals surface area contributed by atoms with Crippen LogP contribution in [0.1, 0.15) is 40.1 Å². The van der Waals surface area contributed by atoms with E-state index in [1.54, 1.807) is 48.4 Å². The molecule has 0 atom stereocenters. The molecule has 5 nitrogen and oxygen atoms in total. The second kappa shape index (κ2) is 8.99. The average molecular weight is 340 g/mol. The second-order valence-corrected chi connectivity index (χ2v) is 5.64. The highest BCUT2D eigenvalue weighted by atomic mass is 16.5. The Morgan fingerprint density at radius 2 is 1.68 bits per heavy atom. The van der Waals surface area contributed by atoms with Crippen LogP contribution < -0.4 is 5.32 Å². The molecular formula is C20H24N2O3. The minimum atomic E-state index is -0.212. The van der Waals surface area contributed by atoms with Gasteiger partial charge in [0, 0.05) is 37.0 Å². The fourth-order valence-corrected chi connectivity index (χ4v) is 2.55. The molecule has 0 spiro atoms. The van der Waals surface area contributed by atoms with Crippen LogP contribution in [0.25, 0.3) is 0 Å². The molecule has 5 heteroatoms. The minimum absolute atomic E-state index is 0.0370. The summed E-state index contributed by atoms with van der Waals surface area (Å²) in [4.78, 5) is 26.5. The molecule has 1 N–H and O–H groups in total. The van der Waals surface area contributed by atoms with Gasteiger partial charge in [-0.1, -0.05) is 18.2 Å². The number of hydrogen-bond acceptors (Lipinski definition) is 3. The minimum Gasteiger partial charge on any atom is -0.380 e. The topological polar surface area (TPSA) is 58.6 Å². The van der Waals surface area contributed by atoms with E-state index in [4.69, 9.17) is 4.74 Å². The third-order valence-corrected chi connectivity index (χ3v) is 3.95. The number of methoxy groups -OCH3 is 1. The molecule has 0 aliphatic heterocycles. The van der Waals surface area contributed by atoms with Gasteiger partial charge >= 0.3 is 0 Å². The zero-order chi connectivity index (χ0) is 18.2. The van der Waals surface area contributed by atoms with Crippen molar-refractivity contribution in [2.45, 2.75) is 20.5 Å². The zero-order valence-electron chi connectivity index (χ0n) is 14.9. The first kappa shape index (κ1) is 18.7. The van der Waals surface area contributed by atoms with Gasteiger partial charge in [-0.05, 0) is 49.7 Å². The predicted octanol–water partition coefficient (Wildman–Crippen LogP) is 3.57. The summed E-state index contributed by atoms with van der Waals surface area (Å²) in [6.07, 6.45) is 0.